The van der Waals surface area contributed by atoms with E-state index in [-0.39, 0.29) is 51.2 Å². The Balaban J connectivity index is 1.25. The minimum absolute atomic E-state index is 0.0688. The lowest BCUT2D eigenvalue weighted by atomic mass is 9.97. The predicted octanol–water partition coefficient (Wildman–Crippen LogP) is 2.46. The minimum Gasteiger partial charge on any atom is -0.268 e. The van der Waals surface area contributed by atoms with Crippen LogP contribution in [0.25, 0.3) is 56.5 Å². The van der Waals surface area contributed by atoms with Gasteiger partial charge in [-0.25, -0.2) is 39.0 Å². The van der Waals surface area contributed by atoms with Gasteiger partial charge < -0.3 is 0 Å². The van der Waals surface area contributed by atoms with E-state index < -0.39 is 11.8 Å². The second-order valence-corrected chi connectivity index (χ2v) is 9.26. The molecular formula is C28H6N12O2. The molecule has 8 rings (SSSR count). The number of nitrogens with zero attached hydrogens (tertiary/aromatic N) is 12. The first-order valence-electron chi connectivity index (χ1n) is 12.1. The summed E-state index contributed by atoms with van der Waals surface area (Å²) in [5.74, 6) is -0.226. The van der Waals surface area contributed by atoms with E-state index in [0.29, 0.717) is 39.2 Å². The average molecular weight is 542 g/mol. The monoisotopic (exact) mass is 542 g/mol. The molecule has 14 heteroatoms. The molecule has 4 aromatic heterocycles. The molecule has 0 atom stereocenters. The Morgan fingerprint density at radius 1 is 0.500 bits per heavy atom. The van der Waals surface area contributed by atoms with E-state index in [1.807, 2.05) is 24.3 Å². The van der Waals surface area contributed by atoms with E-state index in [4.69, 9.17) is 0 Å². The van der Waals surface area contributed by atoms with Crippen LogP contribution in [0, 0.1) is 45.3 Å². The molecule has 0 aliphatic carbocycles. The maximum Gasteiger partial charge on any atom is 0.266 e. The Hall–Kier alpha value is -7.16. The van der Waals surface area contributed by atoms with Gasteiger partial charge in [-0.2, -0.15) is 21.0 Å². The molecule has 0 spiro atoms. The van der Waals surface area contributed by atoms with Crippen LogP contribution in [-0.2, 0) is 0 Å². The Kier molecular flexibility index (Phi) is 4.18. The van der Waals surface area contributed by atoms with Gasteiger partial charge >= 0.3 is 0 Å². The first-order chi connectivity index (χ1) is 20.4. The highest BCUT2D eigenvalue weighted by Gasteiger charge is 2.34. The van der Waals surface area contributed by atoms with Crippen LogP contribution in [-0.4, -0.2) is 50.9 Å². The van der Waals surface area contributed by atoms with Crippen molar-refractivity contribution in [3.05, 3.63) is 70.3 Å². The topological polar surface area (TPSA) is 216 Å². The lowest BCUT2D eigenvalue weighted by Crippen LogP contribution is -2.08. The molecule has 190 valence electrons. The summed E-state index contributed by atoms with van der Waals surface area (Å²) in [7, 11) is 0. The van der Waals surface area contributed by atoms with Crippen molar-refractivity contribution in [2.45, 2.75) is 0 Å². The van der Waals surface area contributed by atoms with Crippen molar-refractivity contribution >= 4 is 34.4 Å². The molecular weight excluding hydrogens is 536 g/mol. The molecule has 0 saturated carbocycles. The first kappa shape index (κ1) is 22.8. The van der Waals surface area contributed by atoms with Gasteiger partial charge in [0.1, 0.15) is 24.3 Å². The number of fused-ring (bicyclic) bond motifs is 10. The van der Waals surface area contributed by atoms with Crippen LogP contribution in [0.3, 0.4) is 0 Å². The molecule has 2 aliphatic heterocycles. The third-order valence-corrected chi connectivity index (χ3v) is 7.14. The number of rotatable bonds is 1. The summed E-state index contributed by atoms with van der Waals surface area (Å²) in [6.45, 7) is 0. The quantitative estimate of drug-likeness (QED) is 0.292. The SMILES string of the molecule is N#Cc1nc2nc3n(c2nc1C#N)C(=O)c1cc(-c2ccc4c(c2)-c2nc5nc(C#N)c(C#N)nc5n2C4=O)ccc1-3. The van der Waals surface area contributed by atoms with Gasteiger partial charge in [0.15, 0.2) is 57.0 Å². The summed E-state index contributed by atoms with van der Waals surface area (Å²) in [6, 6.07) is 17.7. The summed E-state index contributed by atoms with van der Waals surface area (Å²) in [5.41, 5.74) is 2.70. The summed E-state index contributed by atoms with van der Waals surface area (Å²) in [5, 5.41) is 37.2. The van der Waals surface area contributed by atoms with Gasteiger partial charge in [-0.1, -0.05) is 12.1 Å². The highest BCUT2D eigenvalue weighted by Crippen LogP contribution is 2.39. The average Bonchev–Trinajstić information content (AvgIpc) is 3.73. The molecule has 0 unspecified atom stereocenters. The van der Waals surface area contributed by atoms with Crippen LogP contribution < -0.4 is 0 Å². The van der Waals surface area contributed by atoms with E-state index in [1.165, 1.54) is 9.13 Å². The zero-order chi connectivity index (χ0) is 28.9. The molecule has 0 N–H and O–H groups in total. The maximum atomic E-state index is 13.5. The van der Waals surface area contributed by atoms with Crippen LogP contribution in [0.15, 0.2) is 36.4 Å². The molecule has 6 heterocycles. The lowest BCUT2D eigenvalue weighted by molar-refractivity contribution is 0.0964. The smallest absolute Gasteiger partial charge is 0.266 e. The number of nitriles is 4. The van der Waals surface area contributed by atoms with Crippen LogP contribution in [0.2, 0.25) is 0 Å². The van der Waals surface area contributed by atoms with E-state index in [2.05, 4.69) is 29.9 Å². The van der Waals surface area contributed by atoms with Crippen LogP contribution in [0.1, 0.15) is 43.5 Å². The van der Waals surface area contributed by atoms with Gasteiger partial charge in [0.25, 0.3) is 11.8 Å². The van der Waals surface area contributed by atoms with Crippen molar-refractivity contribution in [3.63, 3.8) is 0 Å². The van der Waals surface area contributed by atoms with Crippen LogP contribution in [0.4, 0.5) is 0 Å². The van der Waals surface area contributed by atoms with E-state index in [9.17, 15) is 30.6 Å². The molecule has 2 aliphatic rings. The zero-order valence-corrected chi connectivity index (χ0v) is 20.6. The molecule has 42 heavy (non-hydrogen) atoms. The van der Waals surface area contributed by atoms with Crippen molar-refractivity contribution < 1.29 is 9.59 Å². The van der Waals surface area contributed by atoms with Crippen molar-refractivity contribution in [1.29, 1.82) is 21.0 Å². The molecule has 0 saturated heterocycles. The molecule has 0 amide bonds. The van der Waals surface area contributed by atoms with Gasteiger partial charge in [-0.3, -0.25) is 9.59 Å². The highest BCUT2D eigenvalue weighted by molar-refractivity contribution is 6.14. The van der Waals surface area contributed by atoms with Crippen molar-refractivity contribution in [2.75, 3.05) is 0 Å². The molecule has 14 nitrogen and oxygen atoms in total. The molecule has 0 fully saturated rings. The fraction of sp³-hybridized carbons (Fsp3) is 0. The van der Waals surface area contributed by atoms with Crippen molar-refractivity contribution in [3.8, 4) is 58.2 Å². The lowest BCUT2D eigenvalue weighted by Gasteiger charge is -2.06. The minimum atomic E-state index is -0.413. The largest absolute Gasteiger partial charge is 0.268 e. The summed E-state index contributed by atoms with van der Waals surface area (Å²) >= 11 is 0. The maximum absolute atomic E-state index is 13.5. The van der Waals surface area contributed by atoms with Crippen LogP contribution in [0.5, 0.6) is 0 Å². The number of imidazole rings is 2. The van der Waals surface area contributed by atoms with Crippen molar-refractivity contribution in [2.24, 2.45) is 0 Å². The van der Waals surface area contributed by atoms with Crippen LogP contribution >= 0.6 is 0 Å². The summed E-state index contributed by atoms with van der Waals surface area (Å²) < 4.78 is 2.54. The Labute approximate surface area is 232 Å². The van der Waals surface area contributed by atoms with Gasteiger partial charge in [0.05, 0.1) is 11.1 Å². The second-order valence-electron chi connectivity index (χ2n) is 9.26. The van der Waals surface area contributed by atoms with Gasteiger partial charge in [-0.15, -0.1) is 0 Å². The fourth-order valence-electron chi connectivity index (χ4n) is 5.28. The number of carbonyl (C=O) groups is 2. The third kappa shape index (κ3) is 2.71. The molecule has 0 bridgehead atoms. The fourth-order valence-corrected chi connectivity index (χ4v) is 5.28. The zero-order valence-electron chi connectivity index (χ0n) is 20.6. The van der Waals surface area contributed by atoms with Gasteiger partial charge in [-0.05, 0) is 35.4 Å². The van der Waals surface area contributed by atoms with Gasteiger partial charge in [0.2, 0.25) is 0 Å². The highest BCUT2D eigenvalue weighted by atomic mass is 16.2. The number of hydrogen-bond donors (Lipinski definition) is 0. The Morgan fingerprint density at radius 2 is 0.929 bits per heavy atom. The molecule has 2 aromatic carbocycles. The number of benzene rings is 2. The standard InChI is InChI=1S/C28H6N12O2/c29-7-17-19(9-31)35-25-21(33-17)37-23-13-3-1-12(6-16(13)28(42)39(23)25)11-2-4-14-15(5-11)24-38-22-26(40(24)27(14)41)36-20(10-32)18(8-30)34-22/h1-6H. The first-order valence-corrected chi connectivity index (χ1v) is 12.1. The molecule has 0 radical (unpaired) electrons. The van der Waals surface area contributed by atoms with E-state index in [1.54, 1.807) is 36.4 Å². The number of carbonyl (C=O) groups excluding carboxylic acids is 2. The Morgan fingerprint density at radius 3 is 1.45 bits per heavy atom. The summed E-state index contributed by atoms with van der Waals surface area (Å²) in [6.07, 6.45) is 0. The van der Waals surface area contributed by atoms with E-state index in [0.717, 1.165) is 0 Å². The molecule has 6 aromatic rings. The normalized spacial score (nSPS) is 12.3. The number of hydrogen-bond acceptors (Lipinski definition) is 12. The second kappa shape index (κ2) is 7.70. The van der Waals surface area contributed by atoms with E-state index >= 15 is 0 Å². The van der Waals surface area contributed by atoms with Gasteiger partial charge in [0, 0.05) is 11.1 Å². The predicted molar refractivity (Wildman–Crippen MR) is 139 cm³/mol. The summed E-state index contributed by atoms with van der Waals surface area (Å²) in [4.78, 5) is 52.1. The third-order valence-electron chi connectivity index (χ3n) is 7.14. The Bertz CT molecular complexity index is 2510. The number of aromatic nitrogens is 8. The van der Waals surface area contributed by atoms with Crippen molar-refractivity contribution in [1.82, 2.24) is 39.0 Å².